The summed E-state index contributed by atoms with van der Waals surface area (Å²) in [5.41, 5.74) is 2.08. The van der Waals surface area contributed by atoms with E-state index in [1.807, 2.05) is 48.5 Å². The van der Waals surface area contributed by atoms with Gasteiger partial charge in [0.2, 0.25) is 0 Å². The maximum atomic E-state index is 11.0. The van der Waals surface area contributed by atoms with E-state index in [1.165, 1.54) is 0 Å². The average molecular weight is 346 g/mol. The zero-order valence-corrected chi connectivity index (χ0v) is 14.1. The molecule has 1 N–H and O–H groups in total. The summed E-state index contributed by atoms with van der Waals surface area (Å²) < 4.78 is 5.84. The van der Waals surface area contributed by atoms with Crippen molar-refractivity contribution in [2.75, 3.05) is 13.1 Å². The van der Waals surface area contributed by atoms with Gasteiger partial charge in [-0.1, -0.05) is 41.9 Å². The van der Waals surface area contributed by atoms with Crippen molar-refractivity contribution in [1.82, 2.24) is 4.90 Å². The van der Waals surface area contributed by atoms with E-state index in [0.29, 0.717) is 18.2 Å². The van der Waals surface area contributed by atoms with Gasteiger partial charge in [-0.25, -0.2) is 0 Å². The summed E-state index contributed by atoms with van der Waals surface area (Å²) in [5, 5.41) is 9.78. The Morgan fingerprint density at radius 3 is 2.83 bits per heavy atom. The summed E-state index contributed by atoms with van der Waals surface area (Å²) in [6, 6.07) is 15.6. The molecule has 0 bridgehead atoms. The first-order chi connectivity index (χ1) is 11.6. The van der Waals surface area contributed by atoms with Gasteiger partial charge < -0.3 is 9.84 Å². The van der Waals surface area contributed by atoms with Crippen LogP contribution < -0.4 is 4.74 Å². The van der Waals surface area contributed by atoms with Crippen molar-refractivity contribution in [3.8, 4) is 5.75 Å². The molecule has 0 radical (unpaired) electrons. The highest BCUT2D eigenvalue weighted by atomic mass is 35.5. The fourth-order valence-electron chi connectivity index (χ4n) is 2.95. The molecule has 24 heavy (non-hydrogen) atoms. The minimum Gasteiger partial charge on any atom is -0.489 e. The quantitative estimate of drug-likeness (QED) is 0.864. The van der Waals surface area contributed by atoms with Crippen molar-refractivity contribution in [3.05, 3.63) is 64.7 Å². The average Bonchev–Trinajstić information content (AvgIpc) is 3.03. The van der Waals surface area contributed by atoms with Gasteiger partial charge in [0.1, 0.15) is 12.4 Å². The third-order valence-electron chi connectivity index (χ3n) is 4.28. The van der Waals surface area contributed by atoms with Gasteiger partial charge in [0.05, 0.1) is 5.92 Å². The molecule has 0 saturated carbocycles. The lowest BCUT2D eigenvalue weighted by Gasteiger charge is -2.16. The van der Waals surface area contributed by atoms with Crippen LogP contribution in [0.4, 0.5) is 0 Å². The molecule has 1 saturated heterocycles. The number of hydrogen-bond donors (Lipinski definition) is 1. The third kappa shape index (κ3) is 4.28. The number of rotatable bonds is 6. The van der Waals surface area contributed by atoms with Crippen LogP contribution in [-0.2, 0) is 17.9 Å². The Bertz CT molecular complexity index is 719. The lowest BCUT2D eigenvalue weighted by Crippen LogP contribution is -2.22. The summed E-state index contributed by atoms with van der Waals surface area (Å²) >= 11 is 6.14. The number of carboxylic acids is 1. The van der Waals surface area contributed by atoms with Crippen molar-refractivity contribution in [2.24, 2.45) is 5.92 Å². The van der Waals surface area contributed by atoms with Crippen LogP contribution in [0.1, 0.15) is 17.5 Å². The van der Waals surface area contributed by atoms with Crippen LogP contribution >= 0.6 is 11.6 Å². The highest BCUT2D eigenvalue weighted by Crippen LogP contribution is 2.22. The van der Waals surface area contributed by atoms with Gasteiger partial charge in [0.25, 0.3) is 0 Å². The Hall–Kier alpha value is -2.04. The number of likely N-dealkylation sites (tertiary alicyclic amines) is 1. The molecule has 2 aromatic rings. The molecule has 0 spiro atoms. The monoisotopic (exact) mass is 345 g/mol. The first-order valence-corrected chi connectivity index (χ1v) is 8.40. The van der Waals surface area contributed by atoms with E-state index in [2.05, 4.69) is 4.90 Å². The molecule has 4 nitrogen and oxygen atoms in total. The van der Waals surface area contributed by atoms with Gasteiger partial charge >= 0.3 is 5.97 Å². The molecule has 1 aliphatic rings. The molecule has 1 unspecified atom stereocenters. The molecule has 5 heteroatoms. The largest absolute Gasteiger partial charge is 0.489 e. The second-order valence-electron chi connectivity index (χ2n) is 6.09. The van der Waals surface area contributed by atoms with Gasteiger partial charge in [0, 0.05) is 23.7 Å². The summed E-state index contributed by atoms with van der Waals surface area (Å²) in [7, 11) is 0. The number of carbonyl (C=O) groups is 1. The summed E-state index contributed by atoms with van der Waals surface area (Å²) in [4.78, 5) is 13.2. The van der Waals surface area contributed by atoms with Crippen molar-refractivity contribution < 1.29 is 14.6 Å². The van der Waals surface area contributed by atoms with E-state index in [1.54, 1.807) is 0 Å². The Kier molecular flexibility index (Phi) is 5.38. The van der Waals surface area contributed by atoms with Crippen LogP contribution in [0.25, 0.3) is 0 Å². The number of ether oxygens (including phenoxy) is 1. The lowest BCUT2D eigenvalue weighted by atomic mass is 10.1. The molecule has 3 rings (SSSR count). The van der Waals surface area contributed by atoms with E-state index >= 15 is 0 Å². The van der Waals surface area contributed by atoms with Crippen LogP contribution in [-0.4, -0.2) is 29.1 Å². The molecular formula is C19H20ClNO3. The van der Waals surface area contributed by atoms with Gasteiger partial charge in [-0.15, -0.1) is 0 Å². The van der Waals surface area contributed by atoms with E-state index in [0.717, 1.165) is 36.4 Å². The second-order valence-corrected chi connectivity index (χ2v) is 6.49. The molecular weight excluding hydrogens is 326 g/mol. The maximum Gasteiger partial charge on any atom is 0.307 e. The number of halogens is 1. The lowest BCUT2D eigenvalue weighted by molar-refractivity contribution is -0.141. The molecule has 0 aromatic heterocycles. The maximum absolute atomic E-state index is 11.0. The fraction of sp³-hybridized carbons (Fsp3) is 0.316. The van der Waals surface area contributed by atoms with Crippen molar-refractivity contribution in [2.45, 2.75) is 19.6 Å². The predicted octanol–water partition coefficient (Wildman–Crippen LogP) is 3.83. The molecule has 0 aliphatic carbocycles. The SMILES string of the molecule is O=C(O)C1CCN(Cc2cccc(OCc3ccccc3Cl)c2)C1. The van der Waals surface area contributed by atoms with E-state index in [-0.39, 0.29) is 5.92 Å². The summed E-state index contributed by atoms with van der Waals surface area (Å²) in [5.74, 6) is -0.152. The first-order valence-electron chi connectivity index (χ1n) is 8.02. The highest BCUT2D eigenvalue weighted by molar-refractivity contribution is 6.31. The van der Waals surface area contributed by atoms with Crippen molar-refractivity contribution in [3.63, 3.8) is 0 Å². The van der Waals surface area contributed by atoms with Crippen LogP contribution in [0.5, 0.6) is 5.75 Å². The molecule has 1 heterocycles. The summed E-state index contributed by atoms with van der Waals surface area (Å²) in [6.07, 6.45) is 0.720. The molecule has 2 aromatic carbocycles. The first kappa shape index (κ1) is 16.8. The van der Waals surface area contributed by atoms with Crippen LogP contribution in [0.2, 0.25) is 5.02 Å². The van der Waals surface area contributed by atoms with E-state index < -0.39 is 5.97 Å². The molecule has 126 valence electrons. The molecule has 1 fully saturated rings. The second kappa shape index (κ2) is 7.69. The topological polar surface area (TPSA) is 49.8 Å². The van der Waals surface area contributed by atoms with Crippen LogP contribution in [0.15, 0.2) is 48.5 Å². The Morgan fingerprint density at radius 2 is 2.08 bits per heavy atom. The summed E-state index contributed by atoms with van der Waals surface area (Å²) in [6.45, 7) is 2.60. The number of benzene rings is 2. The molecule has 0 amide bonds. The number of hydrogen-bond acceptors (Lipinski definition) is 3. The number of carboxylic acid groups (broad SMARTS) is 1. The number of nitrogens with zero attached hydrogens (tertiary/aromatic N) is 1. The van der Waals surface area contributed by atoms with Crippen molar-refractivity contribution in [1.29, 1.82) is 0 Å². The van der Waals surface area contributed by atoms with Crippen LogP contribution in [0.3, 0.4) is 0 Å². The van der Waals surface area contributed by atoms with Gasteiger partial charge in [-0.05, 0) is 36.7 Å². The standard InChI is InChI=1S/C19H20ClNO3/c20-18-7-2-1-5-16(18)13-24-17-6-3-4-14(10-17)11-21-9-8-15(12-21)19(22)23/h1-7,10,15H,8-9,11-13H2,(H,22,23). The van der Waals surface area contributed by atoms with Gasteiger partial charge in [-0.2, -0.15) is 0 Å². The fourth-order valence-corrected chi connectivity index (χ4v) is 3.14. The van der Waals surface area contributed by atoms with E-state index in [4.69, 9.17) is 21.4 Å². The third-order valence-corrected chi connectivity index (χ3v) is 4.65. The van der Waals surface area contributed by atoms with Gasteiger partial charge in [-0.3, -0.25) is 9.69 Å². The smallest absolute Gasteiger partial charge is 0.307 e. The predicted molar refractivity (Wildman–Crippen MR) is 93.2 cm³/mol. The molecule has 1 aliphatic heterocycles. The van der Waals surface area contributed by atoms with Crippen LogP contribution in [0, 0.1) is 5.92 Å². The van der Waals surface area contributed by atoms with E-state index in [9.17, 15) is 4.79 Å². The minimum absolute atomic E-state index is 0.246. The number of aliphatic carboxylic acids is 1. The zero-order valence-electron chi connectivity index (χ0n) is 13.3. The zero-order chi connectivity index (χ0) is 16.9. The Labute approximate surface area is 146 Å². The Morgan fingerprint density at radius 1 is 1.25 bits per heavy atom. The highest BCUT2D eigenvalue weighted by Gasteiger charge is 2.27. The Balaban J connectivity index is 1.58. The van der Waals surface area contributed by atoms with Crippen molar-refractivity contribution >= 4 is 17.6 Å². The van der Waals surface area contributed by atoms with Gasteiger partial charge in [0.15, 0.2) is 0 Å². The molecule has 1 atom stereocenters. The minimum atomic E-state index is -0.700. The normalized spacial score (nSPS) is 17.8.